The van der Waals surface area contributed by atoms with Crippen molar-refractivity contribution in [1.82, 2.24) is 9.80 Å². The van der Waals surface area contributed by atoms with E-state index in [4.69, 9.17) is 27.9 Å². The first kappa shape index (κ1) is 22.9. The molecule has 0 unspecified atom stereocenters. The summed E-state index contributed by atoms with van der Waals surface area (Å²) < 4.78 is 43.8. The van der Waals surface area contributed by atoms with E-state index in [1.165, 1.54) is 18.2 Å². The van der Waals surface area contributed by atoms with E-state index < -0.39 is 11.7 Å². The summed E-state index contributed by atoms with van der Waals surface area (Å²) in [6.07, 6.45) is -4.40. The Morgan fingerprint density at radius 3 is 2.30 bits per heavy atom. The summed E-state index contributed by atoms with van der Waals surface area (Å²) in [5.41, 5.74) is 0.263. The maximum Gasteiger partial charge on any atom is 0.416 e. The van der Waals surface area contributed by atoms with Crippen LogP contribution in [0.15, 0.2) is 42.5 Å². The lowest BCUT2D eigenvalue weighted by Crippen LogP contribution is -2.42. The van der Waals surface area contributed by atoms with Crippen molar-refractivity contribution in [3.63, 3.8) is 0 Å². The van der Waals surface area contributed by atoms with Crippen LogP contribution in [0.2, 0.25) is 10.0 Å². The van der Waals surface area contributed by atoms with Gasteiger partial charge in [-0.15, -0.1) is 0 Å². The molecular formula is C21H21Cl2F3N2O2. The Balaban J connectivity index is 1.77. The van der Waals surface area contributed by atoms with Crippen LogP contribution in [0.25, 0.3) is 0 Å². The zero-order valence-electron chi connectivity index (χ0n) is 16.1. The summed E-state index contributed by atoms with van der Waals surface area (Å²) in [5, 5.41) is 0.612. The van der Waals surface area contributed by atoms with Crippen molar-refractivity contribution in [1.29, 1.82) is 0 Å². The summed E-state index contributed by atoms with van der Waals surface area (Å²) in [7, 11) is 0. The van der Waals surface area contributed by atoms with Crippen molar-refractivity contribution in [2.24, 2.45) is 0 Å². The van der Waals surface area contributed by atoms with Crippen LogP contribution in [0.5, 0.6) is 0 Å². The van der Waals surface area contributed by atoms with E-state index in [0.717, 1.165) is 25.2 Å². The summed E-state index contributed by atoms with van der Waals surface area (Å²) in [5.74, 6) is -0.262. The molecule has 0 N–H and O–H groups in total. The first-order chi connectivity index (χ1) is 14.2. The Morgan fingerprint density at radius 2 is 1.70 bits per heavy atom. The lowest BCUT2D eigenvalue weighted by Gasteiger charge is -2.30. The fraction of sp³-hybridized carbons (Fsp3) is 0.381. The zero-order chi connectivity index (χ0) is 21.7. The van der Waals surface area contributed by atoms with Gasteiger partial charge in [0.1, 0.15) is 0 Å². The van der Waals surface area contributed by atoms with Crippen molar-refractivity contribution in [3.8, 4) is 0 Å². The lowest BCUT2D eigenvalue weighted by atomic mass is 10.1. The van der Waals surface area contributed by atoms with Crippen molar-refractivity contribution in [2.45, 2.75) is 12.7 Å². The molecule has 30 heavy (non-hydrogen) atoms. The first-order valence-electron chi connectivity index (χ1n) is 9.44. The van der Waals surface area contributed by atoms with E-state index in [9.17, 15) is 18.0 Å². The number of amides is 1. The molecule has 1 heterocycles. The molecule has 0 spiro atoms. The third kappa shape index (κ3) is 6.11. The molecule has 1 amide bonds. The number of nitrogens with zero attached hydrogens (tertiary/aromatic N) is 2. The average Bonchev–Trinajstić information content (AvgIpc) is 2.73. The van der Waals surface area contributed by atoms with Gasteiger partial charge in [0.2, 0.25) is 0 Å². The number of hydrogen-bond donors (Lipinski definition) is 0. The van der Waals surface area contributed by atoms with Gasteiger partial charge >= 0.3 is 6.18 Å². The van der Waals surface area contributed by atoms with Gasteiger partial charge in [0.05, 0.1) is 28.8 Å². The molecule has 2 aromatic rings. The third-order valence-electron chi connectivity index (χ3n) is 4.90. The van der Waals surface area contributed by atoms with Crippen LogP contribution in [0.1, 0.15) is 21.5 Å². The molecule has 1 aliphatic heterocycles. The molecule has 0 aliphatic carbocycles. The number of halogens is 5. The Kier molecular flexibility index (Phi) is 7.63. The number of ether oxygens (including phenoxy) is 1. The Labute approximate surface area is 183 Å². The molecule has 0 radical (unpaired) electrons. The number of hydrogen-bond acceptors (Lipinski definition) is 3. The summed E-state index contributed by atoms with van der Waals surface area (Å²) in [6, 6.07) is 9.48. The number of carbonyl (C=O) groups is 1. The fourth-order valence-electron chi connectivity index (χ4n) is 3.17. The minimum absolute atomic E-state index is 0.182. The highest BCUT2D eigenvalue weighted by Crippen LogP contribution is 2.29. The molecule has 4 nitrogen and oxygen atoms in total. The van der Waals surface area contributed by atoms with E-state index in [2.05, 4.69) is 4.90 Å². The highest BCUT2D eigenvalue weighted by molar-refractivity contribution is 6.42. The second-order valence-electron chi connectivity index (χ2n) is 7.00. The topological polar surface area (TPSA) is 32.8 Å². The molecular weight excluding hydrogens is 440 g/mol. The van der Waals surface area contributed by atoms with Crippen LogP contribution < -0.4 is 0 Å². The molecule has 0 saturated carbocycles. The highest BCUT2D eigenvalue weighted by atomic mass is 35.5. The van der Waals surface area contributed by atoms with Crippen molar-refractivity contribution < 1.29 is 22.7 Å². The molecule has 3 rings (SSSR count). The SMILES string of the molecule is O=C(c1ccc(Cl)c(Cl)c1)N(CCN1CCOCC1)Cc1ccc(C(F)(F)F)cc1. The second-order valence-corrected chi connectivity index (χ2v) is 7.82. The number of benzene rings is 2. The van der Waals surface area contributed by atoms with Crippen molar-refractivity contribution in [3.05, 3.63) is 69.2 Å². The zero-order valence-corrected chi connectivity index (χ0v) is 17.6. The van der Waals surface area contributed by atoms with Crippen LogP contribution in [-0.2, 0) is 17.5 Å². The standard InChI is InChI=1S/C21H21Cl2F3N2O2/c22-18-6-3-16(13-19(18)23)20(29)28(8-7-27-9-11-30-12-10-27)14-15-1-4-17(5-2-15)21(24,25)26/h1-6,13H,7-12,14H2. The van der Waals surface area contributed by atoms with E-state index in [1.54, 1.807) is 17.0 Å². The highest BCUT2D eigenvalue weighted by Gasteiger charge is 2.30. The smallest absolute Gasteiger partial charge is 0.379 e. The van der Waals surface area contributed by atoms with Gasteiger partial charge in [-0.25, -0.2) is 0 Å². The third-order valence-corrected chi connectivity index (χ3v) is 5.64. The van der Waals surface area contributed by atoms with Gasteiger partial charge in [0.15, 0.2) is 0 Å². The monoisotopic (exact) mass is 460 g/mol. The summed E-state index contributed by atoms with van der Waals surface area (Å²) >= 11 is 12.0. The molecule has 2 aromatic carbocycles. The molecule has 1 saturated heterocycles. The van der Waals surface area contributed by atoms with Gasteiger partial charge in [-0.3, -0.25) is 9.69 Å². The lowest BCUT2D eigenvalue weighted by molar-refractivity contribution is -0.137. The molecule has 0 bridgehead atoms. The number of alkyl halides is 3. The van der Waals surface area contributed by atoms with Crippen LogP contribution in [0, 0.1) is 0 Å². The van der Waals surface area contributed by atoms with Gasteiger partial charge in [0.25, 0.3) is 5.91 Å². The summed E-state index contributed by atoms with van der Waals surface area (Å²) in [4.78, 5) is 16.9. The van der Waals surface area contributed by atoms with Crippen LogP contribution >= 0.6 is 23.2 Å². The predicted octanol–water partition coefficient (Wildman–Crippen LogP) is 4.99. The van der Waals surface area contributed by atoms with Crippen molar-refractivity contribution in [2.75, 3.05) is 39.4 Å². The molecule has 162 valence electrons. The Bertz CT molecular complexity index is 870. The largest absolute Gasteiger partial charge is 0.416 e. The minimum Gasteiger partial charge on any atom is -0.379 e. The molecule has 1 aliphatic rings. The molecule has 1 fully saturated rings. The molecule has 9 heteroatoms. The number of carbonyl (C=O) groups excluding carboxylic acids is 1. The Hall–Kier alpha value is -1.80. The number of rotatable bonds is 6. The minimum atomic E-state index is -4.40. The van der Waals surface area contributed by atoms with E-state index in [1.807, 2.05) is 0 Å². The Morgan fingerprint density at radius 1 is 1.03 bits per heavy atom. The quantitative estimate of drug-likeness (QED) is 0.608. The maximum absolute atomic E-state index is 13.1. The summed E-state index contributed by atoms with van der Waals surface area (Å²) in [6.45, 7) is 4.06. The van der Waals surface area contributed by atoms with E-state index >= 15 is 0 Å². The van der Waals surface area contributed by atoms with Gasteiger partial charge in [0, 0.05) is 38.3 Å². The molecule has 0 atom stereocenters. The fourth-order valence-corrected chi connectivity index (χ4v) is 3.47. The van der Waals surface area contributed by atoms with Crippen LogP contribution in [0.4, 0.5) is 13.2 Å². The van der Waals surface area contributed by atoms with Gasteiger partial charge in [-0.2, -0.15) is 13.2 Å². The van der Waals surface area contributed by atoms with Crippen LogP contribution in [0.3, 0.4) is 0 Å². The van der Waals surface area contributed by atoms with E-state index in [0.29, 0.717) is 42.5 Å². The normalized spacial score (nSPS) is 15.2. The first-order valence-corrected chi connectivity index (χ1v) is 10.2. The van der Waals surface area contributed by atoms with Crippen molar-refractivity contribution >= 4 is 29.1 Å². The average molecular weight is 461 g/mol. The van der Waals surface area contributed by atoms with Crippen LogP contribution in [-0.4, -0.2) is 55.1 Å². The number of morpholine rings is 1. The van der Waals surface area contributed by atoms with E-state index in [-0.39, 0.29) is 17.5 Å². The predicted molar refractivity (Wildman–Crippen MR) is 110 cm³/mol. The second kappa shape index (κ2) is 10.0. The van der Waals surface area contributed by atoms with Gasteiger partial charge in [-0.05, 0) is 35.9 Å². The maximum atomic E-state index is 13.1. The molecule has 0 aromatic heterocycles. The van der Waals surface area contributed by atoms with Gasteiger partial charge < -0.3 is 9.64 Å². The van der Waals surface area contributed by atoms with Gasteiger partial charge in [-0.1, -0.05) is 35.3 Å².